The minimum atomic E-state index is -3.33. The van der Waals surface area contributed by atoms with E-state index < -0.39 is 30.1 Å². The molecule has 1 saturated carbocycles. The van der Waals surface area contributed by atoms with E-state index in [0.717, 1.165) is 24.8 Å². The fourth-order valence-corrected chi connectivity index (χ4v) is 4.60. The lowest BCUT2D eigenvalue weighted by Crippen LogP contribution is -2.30. The number of alkyl halides is 2. The second-order valence-corrected chi connectivity index (χ2v) is 9.38. The van der Waals surface area contributed by atoms with Gasteiger partial charge in [0, 0.05) is 31.6 Å². The molecule has 0 bridgehead atoms. The molecule has 3 atom stereocenters. The molecular weight excluding hydrogens is 442 g/mol. The van der Waals surface area contributed by atoms with Crippen LogP contribution in [0, 0.1) is 11.8 Å². The molecule has 0 spiro atoms. The van der Waals surface area contributed by atoms with E-state index >= 15 is 0 Å². The van der Waals surface area contributed by atoms with E-state index in [4.69, 9.17) is 4.74 Å². The summed E-state index contributed by atoms with van der Waals surface area (Å²) in [6, 6.07) is 9.48. The molecule has 1 unspecified atom stereocenters. The van der Waals surface area contributed by atoms with E-state index in [1.165, 1.54) is 0 Å². The summed E-state index contributed by atoms with van der Waals surface area (Å²) in [7, 11) is 0. The molecule has 1 N–H and O–H groups in total. The Bertz CT molecular complexity index is 780. The van der Waals surface area contributed by atoms with Gasteiger partial charge in [-0.25, -0.2) is 0 Å². The largest absolute Gasteiger partial charge is 0.461 e. The fraction of sp³-hybridized carbons (Fsp3) is 0.667. The average Bonchev–Trinajstić information content (AvgIpc) is 3.09. The number of Topliss-reactive ketones (excluding diaryl/α,β-unsaturated/α-hetero) is 2. The van der Waals surface area contributed by atoms with E-state index in [0.29, 0.717) is 25.7 Å². The van der Waals surface area contributed by atoms with Gasteiger partial charge in [0.25, 0.3) is 0 Å². The lowest BCUT2D eigenvalue weighted by atomic mass is 9.85. The van der Waals surface area contributed by atoms with Gasteiger partial charge in [0.2, 0.25) is 5.78 Å². The predicted molar refractivity (Wildman–Crippen MR) is 125 cm³/mol. The number of ether oxygens (including phenoxy) is 1. The number of aliphatic hydroxyl groups is 1. The van der Waals surface area contributed by atoms with Gasteiger partial charge in [-0.05, 0) is 37.2 Å². The number of hydrogen-bond acceptors (Lipinski definition) is 5. The van der Waals surface area contributed by atoms with Crippen molar-refractivity contribution in [1.82, 2.24) is 0 Å². The minimum Gasteiger partial charge on any atom is -0.461 e. The molecule has 0 aromatic heterocycles. The van der Waals surface area contributed by atoms with Crippen molar-refractivity contribution >= 4 is 17.5 Å². The van der Waals surface area contributed by atoms with Gasteiger partial charge in [-0.1, -0.05) is 62.9 Å². The Morgan fingerprint density at radius 3 is 2.44 bits per heavy atom. The molecule has 0 heterocycles. The zero-order chi connectivity index (χ0) is 25.0. The molecule has 190 valence electrons. The molecule has 2 rings (SSSR count). The summed E-state index contributed by atoms with van der Waals surface area (Å²) in [6.07, 6.45) is 3.40. The van der Waals surface area contributed by atoms with E-state index in [2.05, 4.69) is 0 Å². The average molecular weight is 481 g/mol. The second kappa shape index (κ2) is 14.3. The molecule has 34 heavy (non-hydrogen) atoms. The maximum absolute atomic E-state index is 13.9. The summed E-state index contributed by atoms with van der Waals surface area (Å²) in [6.45, 7) is 2.06. The van der Waals surface area contributed by atoms with Crippen molar-refractivity contribution in [2.45, 2.75) is 103 Å². The number of carbonyl (C=O) groups excluding carboxylic acids is 3. The highest BCUT2D eigenvalue weighted by Gasteiger charge is 2.43. The highest BCUT2D eigenvalue weighted by molar-refractivity contribution is 5.86. The van der Waals surface area contributed by atoms with Crippen molar-refractivity contribution in [2.75, 3.05) is 0 Å². The number of rotatable bonds is 16. The van der Waals surface area contributed by atoms with E-state index in [9.17, 15) is 28.3 Å². The molecule has 0 amide bonds. The third-order valence-corrected chi connectivity index (χ3v) is 6.68. The Kier molecular flexibility index (Phi) is 11.8. The summed E-state index contributed by atoms with van der Waals surface area (Å²) in [4.78, 5) is 36.2. The van der Waals surface area contributed by atoms with Crippen LogP contribution in [0.5, 0.6) is 0 Å². The van der Waals surface area contributed by atoms with Crippen LogP contribution in [-0.2, 0) is 25.7 Å². The Morgan fingerprint density at radius 1 is 1.03 bits per heavy atom. The lowest BCUT2D eigenvalue weighted by molar-refractivity contribution is -0.145. The van der Waals surface area contributed by atoms with E-state index in [1.54, 1.807) is 6.92 Å². The number of esters is 1. The Hall–Kier alpha value is -2.15. The molecule has 1 aromatic rings. The van der Waals surface area contributed by atoms with Gasteiger partial charge in [-0.2, -0.15) is 8.78 Å². The van der Waals surface area contributed by atoms with Gasteiger partial charge in [0.1, 0.15) is 12.4 Å². The summed E-state index contributed by atoms with van der Waals surface area (Å²) < 4.78 is 33.2. The van der Waals surface area contributed by atoms with Crippen LogP contribution in [0.3, 0.4) is 0 Å². The number of hydrogen-bond donors (Lipinski definition) is 1. The van der Waals surface area contributed by atoms with E-state index in [-0.39, 0.29) is 50.0 Å². The zero-order valence-electron chi connectivity index (χ0n) is 20.1. The second-order valence-electron chi connectivity index (χ2n) is 9.38. The fourth-order valence-electron chi connectivity index (χ4n) is 4.60. The molecule has 0 radical (unpaired) electrons. The molecule has 1 aliphatic rings. The van der Waals surface area contributed by atoms with Crippen LogP contribution in [0.2, 0.25) is 0 Å². The monoisotopic (exact) mass is 480 g/mol. The standard InChI is InChI=1S/C27H38F2O5/c1-2-3-17-27(28,29)25(32)16-15-22-21(23(30)18-24(22)31)13-9-4-5-10-14-26(33)34-19-20-11-7-6-8-12-20/h6-8,11-12,21-22,24,31H,2-5,9-10,13-19H2,1H3/t21?,22-,24-/m1/s1. The molecule has 1 fully saturated rings. The SMILES string of the molecule is CCCCC(F)(F)C(=O)CC[C@@H]1C(CCCCCCC(=O)OCc2ccccc2)C(=O)C[C@H]1O. The van der Waals surface area contributed by atoms with Gasteiger partial charge in [-0.3, -0.25) is 14.4 Å². The van der Waals surface area contributed by atoms with Gasteiger partial charge in [0.15, 0.2) is 0 Å². The van der Waals surface area contributed by atoms with Gasteiger partial charge >= 0.3 is 11.9 Å². The molecule has 0 aliphatic heterocycles. The molecule has 5 nitrogen and oxygen atoms in total. The van der Waals surface area contributed by atoms with Crippen molar-refractivity contribution in [3.63, 3.8) is 0 Å². The Morgan fingerprint density at radius 2 is 1.74 bits per heavy atom. The molecule has 1 aromatic carbocycles. The summed E-state index contributed by atoms with van der Waals surface area (Å²) in [5, 5.41) is 10.3. The maximum atomic E-state index is 13.9. The first-order chi connectivity index (χ1) is 16.2. The quantitative estimate of drug-likeness (QED) is 0.238. The normalized spacial score (nSPS) is 20.5. The highest BCUT2D eigenvalue weighted by atomic mass is 19.3. The highest BCUT2D eigenvalue weighted by Crippen LogP contribution is 2.37. The Balaban J connectivity index is 1.65. The number of halogens is 2. The van der Waals surface area contributed by atoms with Gasteiger partial charge in [-0.15, -0.1) is 0 Å². The smallest absolute Gasteiger partial charge is 0.306 e. The van der Waals surface area contributed by atoms with Crippen molar-refractivity contribution in [3.05, 3.63) is 35.9 Å². The first-order valence-electron chi connectivity index (χ1n) is 12.6. The molecule has 7 heteroatoms. The van der Waals surface area contributed by atoms with Crippen molar-refractivity contribution < 1.29 is 33.0 Å². The topological polar surface area (TPSA) is 80.7 Å². The van der Waals surface area contributed by atoms with Gasteiger partial charge in [0.05, 0.1) is 6.10 Å². The first-order valence-corrected chi connectivity index (χ1v) is 12.6. The Labute approximate surface area is 201 Å². The number of carbonyl (C=O) groups is 3. The third kappa shape index (κ3) is 9.24. The predicted octanol–water partition coefficient (Wildman–Crippen LogP) is 5.81. The van der Waals surface area contributed by atoms with Gasteiger partial charge < -0.3 is 9.84 Å². The molecular formula is C27H38F2O5. The summed E-state index contributed by atoms with van der Waals surface area (Å²) in [5.41, 5.74) is 0.945. The first kappa shape index (κ1) is 28.1. The minimum absolute atomic E-state index is 0.0308. The summed E-state index contributed by atoms with van der Waals surface area (Å²) in [5.74, 6) is -5.54. The lowest BCUT2D eigenvalue weighted by Gasteiger charge is -2.22. The van der Waals surface area contributed by atoms with Crippen LogP contribution < -0.4 is 0 Å². The van der Waals surface area contributed by atoms with Crippen LogP contribution in [0.15, 0.2) is 30.3 Å². The number of aliphatic hydroxyl groups excluding tert-OH is 1. The zero-order valence-corrected chi connectivity index (χ0v) is 20.1. The summed E-state index contributed by atoms with van der Waals surface area (Å²) >= 11 is 0. The van der Waals surface area contributed by atoms with Crippen LogP contribution in [0.25, 0.3) is 0 Å². The van der Waals surface area contributed by atoms with Crippen molar-refractivity contribution in [2.24, 2.45) is 11.8 Å². The number of benzene rings is 1. The third-order valence-electron chi connectivity index (χ3n) is 6.68. The van der Waals surface area contributed by atoms with Crippen LogP contribution >= 0.6 is 0 Å². The van der Waals surface area contributed by atoms with E-state index in [1.807, 2.05) is 30.3 Å². The van der Waals surface area contributed by atoms with Crippen molar-refractivity contribution in [3.8, 4) is 0 Å². The number of ketones is 2. The number of unbranched alkanes of at least 4 members (excludes halogenated alkanes) is 4. The van der Waals surface area contributed by atoms with Crippen LogP contribution in [0.1, 0.15) is 89.5 Å². The molecule has 1 aliphatic carbocycles. The van der Waals surface area contributed by atoms with Crippen molar-refractivity contribution in [1.29, 1.82) is 0 Å². The molecule has 0 saturated heterocycles. The maximum Gasteiger partial charge on any atom is 0.306 e. The van der Waals surface area contributed by atoms with Crippen LogP contribution in [0.4, 0.5) is 8.78 Å². The van der Waals surface area contributed by atoms with Crippen LogP contribution in [-0.4, -0.2) is 34.7 Å².